The molecule has 3 saturated carbocycles. The van der Waals surface area contributed by atoms with E-state index in [1.54, 1.807) is 0 Å². The monoisotopic (exact) mass is 137 g/mol. The van der Waals surface area contributed by atoms with Gasteiger partial charge in [-0.15, -0.1) is 0 Å². The van der Waals surface area contributed by atoms with Crippen LogP contribution in [0.2, 0.25) is 0 Å². The summed E-state index contributed by atoms with van der Waals surface area (Å²) >= 11 is 0. The molecule has 10 heavy (non-hydrogen) atoms. The summed E-state index contributed by atoms with van der Waals surface area (Å²) in [4.78, 5) is 0. The maximum Gasteiger partial charge on any atom is 0.0837 e. The lowest BCUT2D eigenvalue weighted by Gasteiger charge is -2.50. The molecule has 0 radical (unpaired) electrons. The van der Waals surface area contributed by atoms with E-state index in [-0.39, 0.29) is 11.5 Å². The maximum absolute atomic E-state index is 9.44. The standard InChI is InChI=1S/C8H11NO/c9-5-8-3-6(4-8)1-2-7(8)10/h6-7,10H,1-4H2. The molecule has 0 aromatic carbocycles. The number of aliphatic hydroxyl groups is 1. The van der Waals surface area contributed by atoms with Crippen LogP contribution in [0.25, 0.3) is 0 Å². The van der Waals surface area contributed by atoms with Crippen molar-refractivity contribution in [3.63, 3.8) is 0 Å². The first-order valence-corrected chi connectivity index (χ1v) is 3.86. The van der Waals surface area contributed by atoms with Crippen molar-refractivity contribution in [2.24, 2.45) is 11.3 Å². The van der Waals surface area contributed by atoms with Gasteiger partial charge in [0.05, 0.1) is 17.6 Å². The third-order valence-electron chi connectivity index (χ3n) is 3.01. The topological polar surface area (TPSA) is 44.0 Å². The van der Waals surface area contributed by atoms with Gasteiger partial charge in [0.1, 0.15) is 0 Å². The summed E-state index contributed by atoms with van der Waals surface area (Å²) in [5.41, 5.74) is -0.317. The van der Waals surface area contributed by atoms with E-state index in [1.165, 1.54) is 0 Å². The quantitative estimate of drug-likeness (QED) is 0.542. The van der Waals surface area contributed by atoms with E-state index >= 15 is 0 Å². The molecule has 0 amide bonds. The molecule has 1 atom stereocenters. The molecule has 2 bridgehead atoms. The molecule has 0 spiro atoms. The SMILES string of the molecule is N#CC12CC(CCC1O)C2. The molecule has 0 aromatic heterocycles. The highest BCUT2D eigenvalue weighted by molar-refractivity contribution is 5.14. The van der Waals surface area contributed by atoms with Gasteiger partial charge in [0.15, 0.2) is 0 Å². The summed E-state index contributed by atoms with van der Waals surface area (Å²) in [7, 11) is 0. The van der Waals surface area contributed by atoms with Crippen LogP contribution < -0.4 is 0 Å². The van der Waals surface area contributed by atoms with Crippen molar-refractivity contribution in [3.05, 3.63) is 0 Å². The first-order chi connectivity index (χ1) is 4.77. The predicted molar refractivity (Wildman–Crippen MR) is 36.0 cm³/mol. The van der Waals surface area contributed by atoms with Crippen LogP contribution in [0, 0.1) is 22.7 Å². The van der Waals surface area contributed by atoms with Crippen LogP contribution in [-0.2, 0) is 0 Å². The molecule has 3 aliphatic rings. The molecule has 3 aliphatic carbocycles. The fourth-order valence-corrected chi connectivity index (χ4v) is 2.28. The Morgan fingerprint density at radius 1 is 1.40 bits per heavy atom. The number of nitrogens with zero attached hydrogens (tertiary/aromatic N) is 1. The molecule has 0 heterocycles. The van der Waals surface area contributed by atoms with Crippen LogP contribution in [-0.4, -0.2) is 11.2 Å². The molecule has 0 aliphatic heterocycles. The summed E-state index contributed by atoms with van der Waals surface area (Å²) in [6.45, 7) is 0. The van der Waals surface area contributed by atoms with Crippen molar-refractivity contribution in [1.29, 1.82) is 5.26 Å². The lowest BCUT2D eigenvalue weighted by molar-refractivity contribution is -0.0771. The molecule has 2 nitrogen and oxygen atoms in total. The van der Waals surface area contributed by atoms with Crippen LogP contribution in [0.15, 0.2) is 0 Å². The van der Waals surface area contributed by atoms with Gasteiger partial charge in [0.2, 0.25) is 0 Å². The average molecular weight is 137 g/mol. The second kappa shape index (κ2) is 1.73. The first-order valence-electron chi connectivity index (χ1n) is 3.86. The number of hydrogen-bond donors (Lipinski definition) is 1. The highest BCUT2D eigenvalue weighted by Gasteiger charge is 2.53. The van der Waals surface area contributed by atoms with Crippen LogP contribution in [0.5, 0.6) is 0 Å². The summed E-state index contributed by atoms with van der Waals surface area (Å²) in [5, 5.41) is 18.2. The molecular weight excluding hydrogens is 126 g/mol. The van der Waals surface area contributed by atoms with E-state index < -0.39 is 0 Å². The van der Waals surface area contributed by atoms with Crippen LogP contribution in [0.3, 0.4) is 0 Å². The minimum atomic E-state index is -0.331. The van der Waals surface area contributed by atoms with Crippen molar-refractivity contribution in [2.75, 3.05) is 0 Å². The van der Waals surface area contributed by atoms with E-state index in [0.29, 0.717) is 0 Å². The summed E-state index contributed by atoms with van der Waals surface area (Å²) in [6, 6.07) is 2.25. The van der Waals surface area contributed by atoms with Crippen molar-refractivity contribution in [3.8, 4) is 6.07 Å². The third-order valence-corrected chi connectivity index (χ3v) is 3.01. The van der Waals surface area contributed by atoms with Gasteiger partial charge < -0.3 is 5.11 Å². The van der Waals surface area contributed by atoms with E-state index in [2.05, 4.69) is 6.07 Å². The minimum Gasteiger partial charge on any atom is -0.391 e. The van der Waals surface area contributed by atoms with Gasteiger partial charge in [-0.25, -0.2) is 0 Å². The van der Waals surface area contributed by atoms with Crippen molar-refractivity contribution < 1.29 is 5.11 Å². The normalized spacial score (nSPS) is 51.2. The fraction of sp³-hybridized carbons (Fsp3) is 0.875. The van der Waals surface area contributed by atoms with Gasteiger partial charge in [-0.2, -0.15) is 5.26 Å². The molecule has 2 heteroatoms. The molecule has 1 unspecified atom stereocenters. The smallest absolute Gasteiger partial charge is 0.0837 e. The molecule has 54 valence electrons. The molecule has 0 saturated heterocycles. The van der Waals surface area contributed by atoms with E-state index in [4.69, 9.17) is 5.26 Å². The third kappa shape index (κ3) is 0.564. The van der Waals surface area contributed by atoms with Crippen LogP contribution in [0.4, 0.5) is 0 Å². The van der Waals surface area contributed by atoms with Crippen LogP contribution >= 0.6 is 0 Å². The summed E-state index contributed by atoms with van der Waals surface area (Å²) in [5.74, 6) is 0.753. The zero-order valence-electron chi connectivity index (χ0n) is 5.88. The second-order valence-electron chi connectivity index (χ2n) is 3.64. The van der Waals surface area contributed by atoms with E-state index in [9.17, 15) is 5.11 Å². The number of rotatable bonds is 0. The zero-order valence-corrected chi connectivity index (χ0v) is 5.88. The Bertz CT molecular complexity index is 188. The van der Waals surface area contributed by atoms with E-state index in [0.717, 1.165) is 31.6 Å². The largest absolute Gasteiger partial charge is 0.391 e. The fourth-order valence-electron chi connectivity index (χ4n) is 2.28. The van der Waals surface area contributed by atoms with Gasteiger partial charge in [0, 0.05) is 0 Å². The number of aliphatic hydroxyl groups excluding tert-OH is 1. The molecule has 1 N–H and O–H groups in total. The van der Waals surface area contributed by atoms with Gasteiger partial charge in [0.25, 0.3) is 0 Å². The maximum atomic E-state index is 9.44. The molecular formula is C8H11NO. The Balaban J connectivity index is 2.19. The van der Waals surface area contributed by atoms with Crippen molar-refractivity contribution in [1.82, 2.24) is 0 Å². The average Bonchev–Trinajstić information content (AvgIpc) is 1.86. The highest BCUT2D eigenvalue weighted by atomic mass is 16.3. The van der Waals surface area contributed by atoms with Crippen molar-refractivity contribution >= 4 is 0 Å². The number of nitriles is 1. The zero-order chi connectivity index (χ0) is 7.19. The van der Waals surface area contributed by atoms with Gasteiger partial charge >= 0.3 is 0 Å². The summed E-state index contributed by atoms with van der Waals surface area (Å²) in [6.07, 6.45) is 3.54. The van der Waals surface area contributed by atoms with Gasteiger partial charge in [-0.3, -0.25) is 0 Å². The molecule has 3 fully saturated rings. The number of fused-ring (bicyclic) bond motifs is 2. The Morgan fingerprint density at radius 3 is 2.50 bits per heavy atom. The molecule has 0 aromatic rings. The Kier molecular flexibility index (Phi) is 1.07. The Hall–Kier alpha value is -0.550. The van der Waals surface area contributed by atoms with Gasteiger partial charge in [-0.05, 0) is 31.6 Å². The Morgan fingerprint density at radius 2 is 2.10 bits per heavy atom. The number of hydrogen-bond acceptors (Lipinski definition) is 2. The highest BCUT2D eigenvalue weighted by Crippen LogP contribution is 2.55. The summed E-state index contributed by atoms with van der Waals surface area (Å²) < 4.78 is 0. The first kappa shape index (κ1) is 6.18. The van der Waals surface area contributed by atoms with E-state index in [1.807, 2.05) is 0 Å². The predicted octanol–water partition coefficient (Wildman–Crippen LogP) is 1.06. The second-order valence-corrected chi connectivity index (χ2v) is 3.64. The minimum absolute atomic E-state index is 0.317. The molecule has 3 rings (SSSR count). The van der Waals surface area contributed by atoms with Crippen LogP contribution in [0.1, 0.15) is 25.7 Å². The lowest BCUT2D eigenvalue weighted by Crippen LogP contribution is -2.50. The van der Waals surface area contributed by atoms with Crippen molar-refractivity contribution in [2.45, 2.75) is 31.8 Å². The van der Waals surface area contributed by atoms with Gasteiger partial charge in [-0.1, -0.05) is 0 Å². The lowest BCUT2D eigenvalue weighted by atomic mass is 9.53. The Labute approximate surface area is 60.5 Å².